The molecule has 0 aliphatic rings. The molecule has 0 saturated carbocycles. The average molecular weight is 406 g/mol. The number of non-ortho nitro benzene ring substituents is 1. The standard InChI is InChI=1S/C23H22N2O5/c1-15-7-9-21(11-16(15)2)30-14-18-12-17(8-10-22(18)29-3)23(26)24-19-5-4-6-20(13-19)25(27)28/h4-13H,14H2,1-3H3,(H,24,26). The second-order valence-corrected chi connectivity index (χ2v) is 6.82. The fourth-order valence-corrected chi connectivity index (χ4v) is 2.90. The van der Waals surface area contributed by atoms with Gasteiger partial charge in [0.2, 0.25) is 0 Å². The van der Waals surface area contributed by atoms with Gasteiger partial charge < -0.3 is 14.8 Å². The highest BCUT2D eigenvalue weighted by atomic mass is 16.6. The molecule has 0 saturated heterocycles. The Morgan fingerprint density at radius 2 is 1.83 bits per heavy atom. The molecular weight excluding hydrogens is 384 g/mol. The molecule has 0 radical (unpaired) electrons. The van der Waals surface area contributed by atoms with Crippen molar-refractivity contribution in [3.8, 4) is 11.5 Å². The van der Waals surface area contributed by atoms with Crippen LogP contribution in [0.4, 0.5) is 11.4 Å². The Morgan fingerprint density at radius 3 is 2.53 bits per heavy atom. The minimum Gasteiger partial charge on any atom is -0.496 e. The van der Waals surface area contributed by atoms with Gasteiger partial charge in [-0.05, 0) is 61.4 Å². The number of hydrogen-bond acceptors (Lipinski definition) is 5. The number of benzene rings is 3. The highest BCUT2D eigenvalue weighted by Crippen LogP contribution is 2.24. The van der Waals surface area contributed by atoms with E-state index in [1.165, 1.54) is 23.8 Å². The van der Waals surface area contributed by atoms with E-state index in [2.05, 4.69) is 5.32 Å². The fourth-order valence-electron chi connectivity index (χ4n) is 2.90. The monoisotopic (exact) mass is 406 g/mol. The van der Waals surface area contributed by atoms with Gasteiger partial charge in [-0.3, -0.25) is 14.9 Å². The number of nitro groups is 1. The van der Waals surface area contributed by atoms with Gasteiger partial charge >= 0.3 is 0 Å². The van der Waals surface area contributed by atoms with E-state index < -0.39 is 4.92 Å². The molecule has 0 unspecified atom stereocenters. The van der Waals surface area contributed by atoms with E-state index in [-0.39, 0.29) is 18.2 Å². The molecule has 0 aliphatic heterocycles. The number of hydrogen-bond donors (Lipinski definition) is 1. The van der Waals surface area contributed by atoms with Crippen LogP contribution >= 0.6 is 0 Å². The summed E-state index contributed by atoms with van der Waals surface area (Å²) in [6.45, 7) is 4.27. The SMILES string of the molecule is COc1ccc(C(=O)Nc2cccc([N+](=O)[O-])c2)cc1COc1ccc(C)c(C)c1. The zero-order valence-corrected chi connectivity index (χ0v) is 17.0. The molecule has 1 N–H and O–H groups in total. The lowest BCUT2D eigenvalue weighted by Crippen LogP contribution is -2.13. The van der Waals surface area contributed by atoms with Crippen LogP contribution in [0.15, 0.2) is 60.7 Å². The molecule has 3 aromatic carbocycles. The second-order valence-electron chi connectivity index (χ2n) is 6.82. The Labute approximate surface area is 174 Å². The first-order chi connectivity index (χ1) is 14.4. The van der Waals surface area contributed by atoms with Crippen LogP contribution in [-0.2, 0) is 6.61 Å². The maximum Gasteiger partial charge on any atom is 0.271 e. The average Bonchev–Trinajstić information content (AvgIpc) is 2.74. The number of aryl methyl sites for hydroxylation is 2. The molecule has 3 rings (SSSR count). The molecule has 154 valence electrons. The van der Waals surface area contributed by atoms with Crippen LogP contribution in [0.5, 0.6) is 11.5 Å². The number of carbonyl (C=O) groups excluding carboxylic acids is 1. The number of carbonyl (C=O) groups is 1. The molecule has 1 amide bonds. The van der Waals surface area contributed by atoms with Crippen LogP contribution in [0.25, 0.3) is 0 Å². The maximum atomic E-state index is 12.6. The van der Waals surface area contributed by atoms with Crippen molar-refractivity contribution in [3.63, 3.8) is 0 Å². The lowest BCUT2D eigenvalue weighted by atomic mass is 10.1. The molecule has 7 nitrogen and oxygen atoms in total. The zero-order chi connectivity index (χ0) is 21.7. The van der Waals surface area contributed by atoms with E-state index in [1.54, 1.807) is 31.4 Å². The molecule has 0 atom stereocenters. The third-order valence-electron chi connectivity index (χ3n) is 4.73. The van der Waals surface area contributed by atoms with E-state index in [9.17, 15) is 14.9 Å². The van der Waals surface area contributed by atoms with Crippen molar-refractivity contribution in [1.82, 2.24) is 0 Å². The van der Waals surface area contributed by atoms with Crippen LogP contribution in [0.1, 0.15) is 27.0 Å². The number of methoxy groups -OCH3 is 1. The Morgan fingerprint density at radius 1 is 1.03 bits per heavy atom. The largest absolute Gasteiger partial charge is 0.496 e. The third-order valence-corrected chi connectivity index (χ3v) is 4.73. The normalized spacial score (nSPS) is 10.4. The number of ether oxygens (including phenoxy) is 2. The van der Waals surface area contributed by atoms with Gasteiger partial charge in [0.25, 0.3) is 11.6 Å². The molecule has 0 aliphatic carbocycles. The Hall–Kier alpha value is -3.87. The topological polar surface area (TPSA) is 90.7 Å². The predicted octanol–water partition coefficient (Wildman–Crippen LogP) is 5.05. The first kappa shape index (κ1) is 20.9. The lowest BCUT2D eigenvalue weighted by Gasteiger charge is -2.13. The summed E-state index contributed by atoms with van der Waals surface area (Å²) in [6.07, 6.45) is 0. The van der Waals surface area contributed by atoms with Gasteiger partial charge in [0.15, 0.2) is 0 Å². The van der Waals surface area contributed by atoms with Crippen molar-refractivity contribution in [1.29, 1.82) is 0 Å². The summed E-state index contributed by atoms with van der Waals surface area (Å²) in [5.41, 5.74) is 3.66. The summed E-state index contributed by atoms with van der Waals surface area (Å²) in [4.78, 5) is 23.0. The summed E-state index contributed by atoms with van der Waals surface area (Å²) in [5.74, 6) is 0.947. The van der Waals surface area contributed by atoms with Crippen molar-refractivity contribution < 1.29 is 19.2 Å². The highest BCUT2D eigenvalue weighted by Gasteiger charge is 2.13. The first-order valence-corrected chi connectivity index (χ1v) is 9.30. The quantitative estimate of drug-likeness (QED) is 0.438. The summed E-state index contributed by atoms with van der Waals surface area (Å²) >= 11 is 0. The number of nitro benzene ring substituents is 1. The minimum atomic E-state index is -0.509. The molecule has 0 spiro atoms. The van der Waals surface area contributed by atoms with E-state index in [1.807, 2.05) is 32.0 Å². The van der Waals surface area contributed by atoms with Crippen molar-refractivity contribution in [2.75, 3.05) is 12.4 Å². The molecule has 0 aromatic heterocycles. The molecule has 30 heavy (non-hydrogen) atoms. The van der Waals surface area contributed by atoms with Gasteiger partial charge in [-0.15, -0.1) is 0 Å². The maximum absolute atomic E-state index is 12.6. The summed E-state index contributed by atoms with van der Waals surface area (Å²) < 4.78 is 11.3. The molecule has 7 heteroatoms. The number of rotatable bonds is 7. The van der Waals surface area contributed by atoms with Gasteiger partial charge in [0, 0.05) is 28.9 Å². The molecular formula is C23H22N2O5. The van der Waals surface area contributed by atoms with Gasteiger partial charge in [-0.2, -0.15) is 0 Å². The number of anilines is 1. The minimum absolute atomic E-state index is 0.0926. The predicted molar refractivity (Wildman–Crippen MR) is 114 cm³/mol. The van der Waals surface area contributed by atoms with E-state index in [0.717, 1.165) is 11.3 Å². The van der Waals surface area contributed by atoms with Crippen LogP contribution in [0.3, 0.4) is 0 Å². The molecule has 0 fully saturated rings. The number of nitrogens with zero attached hydrogens (tertiary/aromatic N) is 1. The van der Waals surface area contributed by atoms with Gasteiger partial charge in [0.1, 0.15) is 18.1 Å². The Bertz CT molecular complexity index is 1090. The second kappa shape index (κ2) is 9.09. The van der Waals surface area contributed by atoms with E-state index in [4.69, 9.17) is 9.47 Å². The molecule has 0 bridgehead atoms. The Balaban J connectivity index is 1.77. The zero-order valence-electron chi connectivity index (χ0n) is 17.0. The van der Waals surface area contributed by atoms with Crippen LogP contribution in [0.2, 0.25) is 0 Å². The lowest BCUT2D eigenvalue weighted by molar-refractivity contribution is -0.384. The van der Waals surface area contributed by atoms with Crippen LogP contribution in [0, 0.1) is 24.0 Å². The third kappa shape index (κ3) is 4.94. The Kier molecular flexibility index (Phi) is 6.32. The summed E-state index contributed by atoms with van der Waals surface area (Å²) in [6, 6.07) is 16.7. The summed E-state index contributed by atoms with van der Waals surface area (Å²) in [7, 11) is 1.55. The van der Waals surface area contributed by atoms with Crippen molar-refractivity contribution in [2.24, 2.45) is 0 Å². The van der Waals surface area contributed by atoms with E-state index in [0.29, 0.717) is 22.6 Å². The number of nitrogens with one attached hydrogen (secondary N) is 1. The first-order valence-electron chi connectivity index (χ1n) is 9.30. The highest BCUT2D eigenvalue weighted by molar-refractivity contribution is 6.04. The van der Waals surface area contributed by atoms with Crippen molar-refractivity contribution in [2.45, 2.75) is 20.5 Å². The molecule has 3 aromatic rings. The fraction of sp³-hybridized carbons (Fsp3) is 0.174. The summed E-state index contributed by atoms with van der Waals surface area (Å²) in [5, 5.41) is 13.6. The van der Waals surface area contributed by atoms with Crippen molar-refractivity contribution >= 4 is 17.3 Å². The van der Waals surface area contributed by atoms with Crippen molar-refractivity contribution in [3.05, 3.63) is 93.0 Å². The molecule has 0 heterocycles. The van der Waals surface area contributed by atoms with Gasteiger partial charge in [0.05, 0.1) is 12.0 Å². The van der Waals surface area contributed by atoms with E-state index >= 15 is 0 Å². The number of amides is 1. The van der Waals surface area contributed by atoms with Gasteiger partial charge in [-0.25, -0.2) is 0 Å². The van der Waals surface area contributed by atoms with Crippen LogP contribution < -0.4 is 14.8 Å². The van der Waals surface area contributed by atoms with Gasteiger partial charge in [-0.1, -0.05) is 12.1 Å². The smallest absolute Gasteiger partial charge is 0.271 e. The van der Waals surface area contributed by atoms with Crippen LogP contribution in [-0.4, -0.2) is 17.9 Å².